The lowest BCUT2D eigenvalue weighted by molar-refractivity contribution is 0.0732. The van der Waals surface area contributed by atoms with E-state index >= 15 is 0 Å². The number of aromatic nitrogens is 1. The second-order valence-corrected chi connectivity index (χ2v) is 6.88. The minimum atomic E-state index is 0.121. The highest BCUT2D eigenvalue weighted by Crippen LogP contribution is 2.31. The Morgan fingerprint density at radius 2 is 1.81 bits per heavy atom. The van der Waals surface area contributed by atoms with Crippen molar-refractivity contribution in [2.75, 3.05) is 27.3 Å². The van der Waals surface area contributed by atoms with Gasteiger partial charge >= 0.3 is 0 Å². The summed E-state index contributed by atoms with van der Waals surface area (Å²) in [6, 6.07) is 14.2. The van der Waals surface area contributed by atoms with E-state index in [-0.39, 0.29) is 5.91 Å². The van der Waals surface area contributed by atoms with Gasteiger partial charge < -0.3 is 18.9 Å². The number of carbonyl (C=O) groups excluding carboxylic acids is 1. The third-order valence-corrected chi connectivity index (χ3v) is 5.45. The van der Waals surface area contributed by atoms with Gasteiger partial charge in [0.2, 0.25) is 0 Å². The second-order valence-electron chi connectivity index (χ2n) is 6.88. The highest BCUT2D eigenvalue weighted by atomic mass is 16.5. The fourth-order valence-electron chi connectivity index (χ4n) is 4.01. The molecule has 0 saturated heterocycles. The Labute approximate surface area is 159 Å². The Balaban J connectivity index is 1.55. The summed E-state index contributed by atoms with van der Waals surface area (Å²) in [5.41, 5.74) is 4.26. The van der Waals surface area contributed by atoms with Crippen LogP contribution < -0.4 is 9.47 Å². The van der Waals surface area contributed by atoms with Crippen molar-refractivity contribution in [1.29, 1.82) is 0 Å². The standard InChI is InChI=1S/C22H24N2O3/c1-23-18-7-5-4-6-16(18)17-11-13-24(22(25)21(17)23)12-10-15-8-9-19(26-2)20(14-15)27-3/h4-9,14H,10-13H2,1-3H3. The molecule has 5 nitrogen and oxygen atoms in total. The fraction of sp³-hybridized carbons (Fsp3) is 0.318. The SMILES string of the molecule is COc1ccc(CCN2CCc3c(n(C)c4ccccc34)C2=O)cc1OC. The van der Waals surface area contributed by atoms with Crippen LogP contribution in [0.25, 0.3) is 10.9 Å². The molecule has 5 heteroatoms. The van der Waals surface area contributed by atoms with E-state index in [1.54, 1.807) is 14.2 Å². The van der Waals surface area contributed by atoms with Crippen LogP contribution in [0.15, 0.2) is 42.5 Å². The monoisotopic (exact) mass is 364 g/mol. The minimum absolute atomic E-state index is 0.121. The lowest BCUT2D eigenvalue weighted by Gasteiger charge is -2.28. The summed E-state index contributed by atoms with van der Waals surface area (Å²) in [5.74, 6) is 1.56. The lowest BCUT2D eigenvalue weighted by Crippen LogP contribution is -2.39. The smallest absolute Gasteiger partial charge is 0.270 e. The number of aryl methyl sites for hydroxylation is 1. The molecular formula is C22H24N2O3. The minimum Gasteiger partial charge on any atom is -0.493 e. The highest BCUT2D eigenvalue weighted by molar-refractivity contribution is 6.02. The van der Waals surface area contributed by atoms with Crippen molar-refractivity contribution in [2.45, 2.75) is 12.8 Å². The Hall–Kier alpha value is -2.95. The normalized spacial score (nSPS) is 13.7. The molecule has 0 bridgehead atoms. The van der Waals surface area contributed by atoms with Crippen molar-refractivity contribution in [3.05, 3.63) is 59.3 Å². The van der Waals surface area contributed by atoms with Crippen LogP contribution in [0.1, 0.15) is 21.6 Å². The van der Waals surface area contributed by atoms with Crippen LogP contribution in [0.3, 0.4) is 0 Å². The molecule has 0 aliphatic carbocycles. The maximum absolute atomic E-state index is 13.1. The molecule has 0 spiro atoms. The fourth-order valence-corrected chi connectivity index (χ4v) is 4.01. The molecule has 3 aromatic rings. The number of amides is 1. The van der Waals surface area contributed by atoms with Gasteiger partial charge in [-0.15, -0.1) is 0 Å². The molecule has 1 aromatic heterocycles. The highest BCUT2D eigenvalue weighted by Gasteiger charge is 2.29. The van der Waals surface area contributed by atoms with Crippen molar-refractivity contribution in [1.82, 2.24) is 9.47 Å². The summed E-state index contributed by atoms with van der Waals surface area (Å²) in [6.45, 7) is 1.45. The van der Waals surface area contributed by atoms with Crippen LogP contribution >= 0.6 is 0 Å². The molecule has 0 saturated carbocycles. The van der Waals surface area contributed by atoms with Crippen molar-refractivity contribution in [2.24, 2.45) is 7.05 Å². The van der Waals surface area contributed by atoms with Gasteiger partial charge in [-0.1, -0.05) is 24.3 Å². The number of para-hydroxylation sites is 1. The van der Waals surface area contributed by atoms with E-state index in [1.165, 1.54) is 10.9 Å². The topological polar surface area (TPSA) is 43.7 Å². The average Bonchev–Trinajstić information content (AvgIpc) is 3.00. The number of carbonyl (C=O) groups is 1. The van der Waals surface area contributed by atoms with E-state index in [2.05, 4.69) is 12.1 Å². The first kappa shape index (κ1) is 17.5. The molecule has 1 aliphatic rings. The Morgan fingerprint density at radius 3 is 2.59 bits per heavy atom. The molecule has 2 heterocycles. The Kier molecular flexibility index (Phi) is 4.52. The quantitative estimate of drug-likeness (QED) is 0.697. The van der Waals surface area contributed by atoms with E-state index in [4.69, 9.17) is 9.47 Å². The second kappa shape index (κ2) is 6.99. The van der Waals surface area contributed by atoms with Gasteiger partial charge in [-0.3, -0.25) is 4.79 Å². The zero-order chi connectivity index (χ0) is 19.0. The predicted octanol–water partition coefficient (Wildman–Crippen LogP) is 3.44. The van der Waals surface area contributed by atoms with Gasteiger partial charge in [0.05, 0.1) is 14.2 Å². The van der Waals surface area contributed by atoms with E-state index in [1.807, 2.05) is 46.8 Å². The molecule has 0 atom stereocenters. The number of benzene rings is 2. The zero-order valence-corrected chi connectivity index (χ0v) is 16.0. The maximum atomic E-state index is 13.1. The third-order valence-electron chi connectivity index (χ3n) is 5.45. The molecule has 4 rings (SSSR count). The van der Waals surface area contributed by atoms with Crippen molar-refractivity contribution in [3.8, 4) is 11.5 Å². The van der Waals surface area contributed by atoms with Crippen molar-refractivity contribution < 1.29 is 14.3 Å². The lowest BCUT2D eigenvalue weighted by atomic mass is 10.0. The first-order valence-electron chi connectivity index (χ1n) is 9.20. The summed E-state index contributed by atoms with van der Waals surface area (Å²) >= 11 is 0. The number of hydrogen-bond donors (Lipinski definition) is 0. The van der Waals surface area contributed by atoms with E-state index in [9.17, 15) is 4.79 Å². The van der Waals surface area contributed by atoms with E-state index in [0.29, 0.717) is 6.54 Å². The number of hydrogen-bond acceptors (Lipinski definition) is 3. The first-order chi connectivity index (χ1) is 13.1. The van der Waals surface area contributed by atoms with Gasteiger partial charge in [-0.25, -0.2) is 0 Å². The average molecular weight is 364 g/mol. The zero-order valence-electron chi connectivity index (χ0n) is 16.0. The van der Waals surface area contributed by atoms with Crippen LogP contribution in [-0.4, -0.2) is 42.7 Å². The van der Waals surface area contributed by atoms with E-state index in [0.717, 1.165) is 47.7 Å². The Bertz CT molecular complexity index is 1010. The summed E-state index contributed by atoms with van der Waals surface area (Å²) < 4.78 is 12.7. The Morgan fingerprint density at radius 1 is 1.04 bits per heavy atom. The van der Waals surface area contributed by atoms with Crippen molar-refractivity contribution >= 4 is 16.8 Å². The number of methoxy groups -OCH3 is 2. The summed E-state index contributed by atoms with van der Waals surface area (Å²) in [4.78, 5) is 15.1. The molecule has 1 amide bonds. The van der Waals surface area contributed by atoms with Crippen molar-refractivity contribution in [3.63, 3.8) is 0 Å². The predicted molar refractivity (Wildman–Crippen MR) is 106 cm³/mol. The molecule has 0 N–H and O–H groups in total. The molecule has 0 radical (unpaired) electrons. The molecule has 0 unspecified atom stereocenters. The number of fused-ring (bicyclic) bond motifs is 3. The van der Waals surface area contributed by atoms with Crippen LogP contribution in [0.5, 0.6) is 11.5 Å². The van der Waals surface area contributed by atoms with Gasteiger partial charge in [-0.05, 0) is 42.2 Å². The molecule has 2 aromatic carbocycles. The molecule has 140 valence electrons. The number of rotatable bonds is 5. The van der Waals surface area contributed by atoms with Crippen LogP contribution in [0, 0.1) is 0 Å². The van der Waals surface area contributed by atoms with Crippen LogP contribution in [0.2, 0.25) is 0 Å². The summed E-state index contributed by atoms with van der Waals surface area (Å²) in [7, 11) is 5.25. The molecular weight excluding hydrogens is 340 g/mol. The third kappa shape index (κ3) is 2.93. The maximum Gasteiger partial charge on any atom is 0.270 e. The van der Waals surface area contributed by atoms with E-state index < -0.39 is 0 Å². The summed E-state index contributed by atoms with van der Waals surface area (Å²) in [6.07, 6.45) is 1.68. The van der Waals surface area contributed by atoms with Gasteiger partial charge in [-0.2, -0.15) is 0 Å². The number of nitrogens with zero attached hydrogens (tertiary/aromatic N) is 2. The van der Waals surface area contributed by atoms with Gasteiger partial charge in [0, 0.05) is 31.0 Å². The van der Waals surface area contributed by atoms with Crippen LogP contribution in [-0.2, 0) is 19.9 Å². The molecule has 1 aliphatic heterocycles. The van der Waals surface area contributed by atoms with Crippen LogP contribution in [0.4, 0.5) is 0 Å². The van der Waals surface area contributed by atoms with Gasteiger partial charge in [0.1, 0.15) is 5.69 Å². The molecule has 27 heavy (non-hydrogen) atoms. The largest absolute Gasteiger partial charge is 0.493 e. The van der Waals surface area contributed by atoms with Gasteiger partial charge in [0.15, 0.2) is 11.5 Å². The number of ether oxygens (including phenoxy) is 2. The first-order valence-corrected chi connectivity index (χ1v) is 9.20. The molecule has 0 fully saturated rings. The summed E-state index contributed by atoms with van der Waals surface area (Å²) in [5, 5.41) is 1.20. The van der Waals surface area contributed by atoms with Gasteiger partial charge in [0.25, 0.3) is 5.91 Å².